The number of hydrogen-bond donors (Lipinski definition) is 0. The largest absolute Gasteiger partial charge is 0.468 e. The lowest BCUT2D eigenvalue weighted by Gasteiger charge is -2.42. The van der Waals surface area contributed by atoms with Crippen molar-refractivity contribution in [2.75, 3.05) is 51.4 Å². The molecule has 0 radical (unpaired) electrons. The van der Waals surface area contributed by atoms with E-state index in [0.717, 1.165) is 19.1 Å². The second kappa shape index (κ2) is 14.3. The van der Waals surface area contributed by atoms with Crippen molar-refractivity contribution in [2.45, 2.75) is 77.5 Å². The molecule has 2 atom stereocenters. The lowest BCUT2D eigenvalue weighted by Crippen LogP contribution is -2.57. The predicted octanol–water partition coefficient (Wildman–Crippen LogP) is 6.39. The highest BCUT2D eigenvalue weighted by Gasteiger charge is 2.46. The first-order valence-corrected chi connectivity index (χ1v) is 19.9. The van der Waals surface area contributed by atoms with Crippen molar-refractivity contribution in [2.24, 2.45) is 5.41 Å². The van der Waals surface area contributed by atoms with Crippen molar-refractivity contribution in [3.63, 3.8) is 0 Å². The maximum Gasteiger partial charge on any atom is 0.410 e. The van der Waals surface area contributed by atoms with Gasteiger partial charge < -0.3 is 23.8 Å². The molecule has 3 aliphatic rings. The summed E-state index contributed by atoms with van der Waals surface area (Å²) in [6, 6.07) is 5.90. The van der Waals surface area contributed by atoms with Gasteiger partial charge in [-0.3, -0.25) is 14.1 Å². The van der Waals surface area contributed by atoms with E-state index in [1.807, 2.05) is 32.6 Å². The van der Waals surface area contributed by atoms with Gasteiger partial charge in [0.1, 0.15) is 34.2 Å². The fourth-order valence-corrected chi connectivity index (χ4v) is 7.86. The Kier molecular flexibility index (Phi) is 10.1. The molecule has 2 unspecified atom stereocenters. The van der Waals surface area contributed by atoms with Crippen LogP contribution in [-0.4, -0.2) is 98.5 Å². The number of rotatable bonds is 12. The van der Waals surface area contributed by atoms with E-state index in [-0.39, 0.29) is 55.4 Å². The minimum absolute atomic E-state index is 0.0490. The Morgan fingerprint density at radius 1 is 1.04 bits per heavy atom. The number of halogens is 2. The smallest absolute Gasteiger partial charge is 0.410 e. The third kappa shape index (κ3) is 7.73. The molecular formula is C38H45F2N5O8S. The lowest BCUT2D eigenvalue weighted by molar-refractivity contribution is 0.0122. The number of methoxy groups -OCH3 is 1. The number of nitrogens with zero attached hydrogens (tertiary/aromatic N) is 5. The van der Waals surface area contributed by atoms with Crippen LogP contribution in [0.5, 0.6) is 11.8 Å². The van der Waals surface area contributed by atoms with Crippen LogP contribution in [0.4, 0.5) is 19.4 Å². The lowest BCUT2D eigenvalue weighted by atomic mass is 9.94. The van der Waals surface area contributed by atoms with Crippen molar-refractivity contribution in [1.82, 2.24) is 19.9 Å². The Hall–Kier alpha value is -4.41. The highest BCUT2D eigenvalue weighted by molar-refractivity contribution is 7.85. The number of ether oxygens (including phenoxy) is 4. The zero-order valence-electron chi connectivity index (χ0n) is 31.3. The van der Waals surface area contributed by atoms with Crippen LogP contribution in [0.2, 0.25) is 0 Å². The summed E-state index contributed by atoms with van der Waals surface area (Å²) >= 11 is 0. The zero-order valence-corrected chi connectivity index (χ0v) is 32.1. The van der Waals surface area contributed by atoms with Gasteiger partial charge in [-0.2, -0.15) is 18.4 Å². The minimum atomic E-state index is -3.67. The van der Waals surface area contributed by atoms with E-state index in [1.165, 1.54) is 19.4 Å². The summed E-state index contributed by atoms with van der Waals surface area (Å²) in [5.74, 6) is -0.430. The molecule has 1 aliphatic carbocycles. The molecule has 13 nitrogen and oxygen atoms in total. The third-order valence-corrected chi connectivity index (χ3v) is 10.7. The van der Waals surface area contributed by atoms with Crippen LogP contribution >= 0.6 is 0 Å². The number of pyridine rings is 1. The van der Waals surface area contributed by atoms with E-state index in [4.69, 9.17) is 28.1 Å². The van der Waals surface area contributed by atoms with E-state index in [9.17, 15) is 13.2 Å². The van der Waals surface area contributed by atoms with Gasteiger partial charge in [0.15, 0.2) is 12.6 Å². The summed E-state index contributed by atoms with van der Waals surface area (Å²) in [5, 5.41) is 1.46. The van der Waals surface area contributed by atoms with Gasteiger partial charge in [-0.1, -0.05) is 13.0 Å². The molecule has 0 spiro atoms. The van der Waals surface area contributed by atoms with Crippen LogP contribution in [0.25, 0.3) is 32.9 Å². The third-order valence-electron chi connectivity index (χ3n) is 10.2. The molecule has 1 saturated carbocycles. The summed E-state index contributed by atoms with van der Waals surface area (Å²) in [6.07, 6.45) is 5.34. The van der Waals surface area contributed by atoms with E-state index >= 15 is 8.78 Å². The van der Waals surface area contributed by atoms with Crippen LogP contribution in [-0.2, 0) is 30.2 Å². The number of anilines is 1. The van der Waals surface area contributed by atoms with Crippen LogP contribution in [0, 0.1) is 17.0 Å². The van der Waals surface area contributed by atoms with Gasteiger partial charge in [0.2, 0.25) is 0 Å². The number of carbonyl (C=O) groups excluding carboxylic acids is 1. The molecule has 2 aliphatic heterocycles. The average molecular weight is 770 g/mol. The van der Waals surface area contributed by atoms with Crippen LogP contribution in [0.3, 0.4) is 0 Å². The quantitative estimate of drug-likeness (QED) is 0.116. The number of amides is 1. The zero-order chi connectivity index (χ0) is 38.6. The first-order valence-electron chi connectivity index (χ1n) is 18.1. The van der Waals surface area contributed by atoms with E-state index < -0.39 is 32.8 Å². The van der Waals surface area contributed by atoms with Crippen molar-refractivity contribution in [3.05, 3.63) is 47.7 Å². The van der Waals surface area contributed by atoms with Gasteiger partial charge in [0.05, 0.1) is 36.9 Å². The summed E-state index contributed by atoms with van der Waals surface area (Å²) < 4.78 is 83.7. The highest BCUT2D eigenvalue weighted by atomic mass is 32.2. The molecule has 2 aromatic carbocycles. The number of piperazine rings is 1. The highest BCUT2D eigenvalue weighted by Crippen LogP contribution is 2.47. The Labute approximate surface area is 313 Å². The van der Waals surface area contributed by atoms with Gasteiger partial charge in [-0.15, -0.1) is 0 Å². The summed E-state index contributed by atoms with van der Waals surface area (Å²) in [6.45, 7) is 8.06. The second-order valence-electron chi connectivity index (χ2n) is 15.4. The number of fused-ring (bicyclic) bond motifs is 4. The van der Waals surface area contributed by atoms with E-state index in [1.54, 1.807) is 23.1 Å². The molecule has 4 aromatic rings. The molecule has 2 aromatic heterocycles. The van der Waals surface area contributed by atoms with Crippen molar-refractivity contribution in [1.29, 1.82) is 0 Å². The van der Waals surface area contributed by atoms with Crippen LogP contribution < -0.4 is 14.4 Å². The predicted molar refractivity (Wildman–Crippen MR) is 197 cm³/mol. The number of aryl methyl sites for hydroxylation is 1. The van der Waals surface area contributed by atoms with E-state index in [0.29, 0.717) is 71.2 Å². The van der Waals surface area contributed by atoms with Gasteiger partial charge in [0, 0.05) is 37.4 Å². The van der Waals surface area contributed by atoms with Crippen molar-refractivity contribution < 1.29 is 45.1 Å². The van der Waals surface area contributed by atoms with E-state index in [2.05, 4.69) is 9.97 Å². The topological polar surface area (TPSA) is 143 Å². The summed E-state index contributed by atoms with van der Waals surface area (Å²) in [7, 11) is -2.18. The molecule has 3 fully saturated rings. The number of benzene rings is 2. The second-order valence-corrected chi connectivity index (χ2v) is 17.1. The van der Waals surface area contributed by atoms with Crippen molar-refractivity contribution in [3.8, 4) is 23.0 Å². The normalized spacial score (nSPS) is 19.4. The maximum atomic E-state index is 17.2. The Morgan fingerprint density at radius 3 is 2.39 bits per heavy atom. The van der Waals surface area contributed by atoms with Crippen molar-refractivity contribution >= 4 is 43.7 Å². The van der Waals surface area contributed by atoms with Crippen LogP contribution in [0.15, 0.2) is 30.5 Å². The molecule has 7 rings (SSSR count). The monoisotopic (exact) mass is 769 g/mol. The Morgan fingerprint density at radius 2 is 1.76 bits per heavy atom. The molecule has 1 amide bonds. The summed E-state index contributed by atoms with van der Waals surface area (Å²) in [5.41, 5.74) is -0.621. The fraction of sp³-hybridized carbons (Fsp3) is 0.526. The Balaban J connectivity index is 1.32. The number of carbonyl (C=O) groups is 1. The molecule has 4 heterocycles. The fourth-order valence-electron chi connectivity index (χ4n) is 7.39. The van der Waals surface area contributed by atoms with Crippen LogP contribution in [0.1, 0.15) is 58.9 Å². The van der Waals surface area contributed by atoms with Gasteiger partial charge in [0.25, 0.3) is 10.1 Å². The molecule has 0 N–H and O–H groups in total. The summed E-state index contributed by atoms with van der Waals surface area (Å²) in [4.78, 5) is 31.0. The minimum Gasteiger partial charge on any atom is -0.468 e. The standard InChI is InChI=1S/C38H45F2N5O8S/c1-7-26-29(39)11-8-22-14-25(51-21-49-5)15-27(30(22)26)32-31(40)33-28(16-41-32)34(43-35(42-33)50-19-38(12-13-38)20-52-54(6,47)48)44-17-23-9-10-24(18-44)45(23)36(46)53-37(2,3)4/h8,11,14-16,23-24H,7,9-10,12-13,17-21H2,1-6H3. The Bertz CT molecular complexity index is 2200. The number of aromatic nitrogens is 3. The van der Waals surface area contributed by atoms with Gasteiger partial charge in [-0.05, 0) is 87.4 Å². The molecule has 54 heavy (non-hydrogen) atoms. The molecule has 2 bridgehead atoms. The number of hydrogen-bond acceptors (Lipinski definition) is 12. The first kappa shape index (κ1) is 37.9. The van der Waals surface area contributed by atoms with Gasteiger partial charge >= 0.3 is 12.1 Å². The molecular weight excluding hydrogens is 725 g/mol. The molecule has 290 valence electrons. The maximum absolute atomic E-state index is 17.2. The average Bonchev–Trinajstić information content (AvgIpc) is 3.84. The van der Waals surface area contributed by atoms with Gasteiger partial charge in [-0.25, -0.2) is 13.6 Å². The molecule has 16 heteroatoms. The SMILES string of the molecule is CCc1c(F)ccc2cc(OCOC)cc(-c3ncc4c(N5CC6CCC(C5)N6C(=O)OC(C)(C)C)nc(OCC5(COS(C)(=O)=O)CC5)nc4c3F)c12. The first-order chi connectivity index (χ1) is 25.6. The molecule has 2 saturated heterocycles.